The quantitative estimate of drug-likeness (QED) is 0.386. The minimum Gasteiger partial charge on any atom is -0.489 e. The van der Waals surface area contributed by atoms with Gasteiger partial charge in [0, 0.05) is 10.0 Å². The van der Waals surface area contributed by atoms with Crippen molar-refractivity contribution in [3.63, 3.8) is 0 Å². The summed E-state index contributed by atoms with van der Waals surface area (Å²) in [5, 5.41) is 7.46. The average molecular weight is 493 g/mol. The SMILES string of the molecule is FC(F)(F)c1cccc(COc2cccc(C3=NN(c4cccc(Br)c4)CS3)c2)c1. The molecule has 0 aliphatic carbocycles. The first-order valence-corrected chi connectivity index (χ1v) is 10.8. The summed E-state index contributed by atoms with van der Waals surface area (Å²) < 4.78 is 45.3. The van der Waals surface area contributed by atoms with Crippen LogP contribution in [0.25, 0.3) is 0 Å². The lowest BCUT2D eigenvalue weighted by Crippen LogP contribution is -2.10. The second kappa shape index (κ2) is 8.73. The zero-order chi connectivity index (χ0) is 21.1. The third kappa shape index (κ3) is 4.99. The molecule has 3 aromatic carbocycles. The van der Waals surface area contributed by atoms with Crippen LogP contribution in [0.4, 0.5) is 18.9 Å². The number of rotatable bonds is 5. The Morgan fingerprint density at radius 3 is 2.60 bits per heavy atom. The molecule has 8 heteroatoms. The van der Waals surface area contributed by atoms with E-state index in [9.17, 15) is 13.2 Å². The largest absolute Gasteiger partial charge is 0.489 e. The first kappa shape index (κ1) is 20.8. The Morgan fingerprint density at radius 2 is 1.80 bits per heavy atom. The highest BCUT2D eigenvalue weighted by molar-refractivity contribution is 9.10. The predicted octanol–water partition coefficient (Wildman–Crippen LogP) is 6.92. The van der Waals surface area contributed by atoms with Crippen LogP contribution >= 0.6 is 27.7 Å². The van der Waals surface area contributed by atoms with E-state index in [1.165, 1.54) is 6.07 Å². The van der Waals surface area contributed by atoms with Crippen molar-refractivity contribution in [2.45, 2.75) is 12.8 Å². The van der Waals surface area contributed by atoms with Crippen LogP contribution in [-0.4, -0.2) is 10.9 Å². The summed E-state index contributed by atoms with van der Waals surface area (Å²) in [5.74, 6) is 1.27. The van der Waals surface area contributed by atoms with E-state index in [1.54, 1.807) is 23.9 Å². The second-order valence-corrected chi connectivity index (χ2v) is 8.42. The normalized spacial score (nSPS) is 14.0. The third-order valence-electron chi connectivity index (χ3n) is 4.38. The standard InChI is InChI=1S/C22H16BrF3N2OS/c23-18-7-3-8-19(12-18)28-14-30-21(27-28)16-5-2-9-20(11-16)29-13-15-4-1-6-17(10-15)22(24,25)26/h1-12H,13-14H2. The molecule has 1 aliphatic heterocycles. The number of alkyl halides is 3. The summed E-state index contributed by atoms with van der Waals surface area (Å²) in [7, 11) is 0. The van der Waals surface area contributed by atoms with Gasteiger partial charge in [0.25, 0.3) is 0 Å². The Morgan fingerprint density at radius 1 is 1.00 bits per heavy atom. The molecule has 0 fully saturated rings. The minimum absolute atomic E-state index is 0.0527. The highest BCUT2D eigenvalue weighted by atomic mass is 79.9. The van der Waals surface area contributed by atoms with E-state index in [0.29, 0.717) is 17.2 Å². The van der Waals surface area contributed by atoms with Gasteiger partial charge in [-0.05, 0) is 48.0 Å². The first-order valence-electron chi connectivity index (χ1n) is 9.02. The molecule has 3 nitrogen and oxygen atoms in total. The molecule has 0 unspecified atom stereocenters. The molecule has 30 heavy (non-hydrogen) atoms. The van der Waals surface area contributed by atoms with E-state index in [1.807, 2.05) is 47.5 Å². The van der Waals surface area contributed by atoms with Crippen molar-refractivity contribution in [1.29, 1.82) is 0 Å². The van der Waals surface area contributed by atoms with Gasteiger partial charge in [-0.25, -0.2) is 0 Å². The first-order chi connectivity index (χ1) is 14.4. The minimum atomic E-state index is -4.37. The molecule has 0 saturated carbocycles. The monoisotopic (exact) mass is 492 g/mol. The number of hydrazone groups is 1. The van der Waals surface area contributed by atoms with Crippen LogP contribution in [0.1, 0.15) is 16.7 Å². The highest BCUT2D eigenvalue weighted by Gasteiger charge is 2.30. The van der Waals surface area contributed by atoms with Crippen molar-refractivity contribution >= 4 is 38.4 Å². The highest BCUT2D eigenvalue weighted by Crippen LogP contribution is 2.31. The van der Waals surface area contributed by atoms with Gasteiger partial charge in [0.1, 0.15) is 17.4 Å². The fraction of sp³-hybridized carbons (Fsp3) is 0.136. The summed E-state index contributed by atoms with van der Waals surface area (Å²) in [4.78, 5) is 0. The number of anilines is 1. The maximum Gasteiger partial charge on any atom is 0.416 e. The molecule has 4 rings (SSSR count). The molecule has 0 saturated heterocycles. The van der Waals surface area contributed by atoms with E-state index >= 15 is 0 Å². The Balaban J connectivity index is 1.46. The second-order valence-electron chi connectivity index (χ2n) is 6.57. The van der Waals surface area contributed by atoms with Crippen LogP contribution in [0.15, 0.2) is 82.4 Å². The van der Waals surface area contributed by atoms with Crippen molar-refractivity contribution < 1.29 is 17.9 Å². The number of hydrogen-bond donors (Lipinski definition) is 0. The lowest BCUT2D eigenvalue weighted by Gasteiger charge is -2.12. The van der Waals surface area contributed by atoms with Crippen molar-refractivity contribution in [2.24, 2.45) is 5.10 Å². The lowest BCUT2D eigenvalue weighted by atomic mass is 10.1. The van der Waals surface area contributed by atoms with Gasteiger partial charge < -0.3 is 4.74 Å². The van der Waals surface area contributed by atoms with E-state index < -0.39 is 11.7 Å². The Kier molecular flexibility index (Phi) is 6.06. The molecule has 3 aromatic rings. The Labute approximate surface area is 184 Å². The maximum absolute atomic E-state index is 12.9. The van der Waals surface area contributed by atoms with Gasteiger partial charge in [-0.15, -0.1) is 0 Å². The van der Waals surface area contributed by atoms with E-state index in [2.05, 4.69) is 21.0 Å². The van der Waals surface area contributed by atoms with Crippen LogP contribution in [0, 0.1) is 0 Å². The van der Waals surface area contributed by atoms with E-state index in [-0.39, 0.29) is 6.61 Å². The summed E-state index contributed by atoms with van der Waals surface area (Å²) in [5.41, 5.74) is 1.67. The fourth-order valence-corrected chi connectivity index (χ4v) is 4.21. The number of nitrogens with zero attached hydrogens (tertiary/aromatic N) is 2. The molecule has 154 valence electrons. The maximum atomic E-state index is 12.9. The zero-order valence-corrected chi connectivity index (χ0v) is 18.0. The smallest absolute Gasteiger partial charge is 0.416 e. The van der Waals surface area contributed by atoms with Crippen molar-refractivity contribution in [2.75, 3.05) is 10.9 Å². The molecule has 1 aliphatic rings. The molecule has 1 heterocycles. The van der Waals surface area contributed by atoms with E-state index in [4.69, 9.17) is 4.74 Å². The molecular formula is C22H16BrF3N2OS. The number of hydrogen-bond acceptors (Lipinski definition) is 4. The third-order valence-corrected chi connectivity index (χ3v) is 5.84. The van der Waals surface area contributed by atoms with Crippen molar-refractivity contribution in [1.82, 2.24) is 0 Å². The zero-order valence-electron chi connectivity index (χ0n) is 15.6. The van der Waals surface area contributed by atoms with Gasteiger partial charge in [-0.1, -0.05) is 58.0 Å². The van der Waals surface area contributed by atoms with Crippen LogP contribution in [0.5, 0.6) is 5.75 Å². The number of ether oxygens (including phenoxy) is 1. The molecule has 0 atom stereocenters. The molecule has 0 N–H and O–H groups in total. The van der Waals surface area contributed by atoms with Crippen LogP contribution in [0.2, 0.25) is 0 Å². The van der Waals surface area contributed by atoms with Crippen LogP contribution in [0.3, 0.4) is 0 Å². The van der Waals surface area contributed by atoms with Crippen molar-refractivity contribution in [3.05, 3.63) is 94.0 Å². The van der Waals surface area contributed by atoms with E-state index in [0.717, 1.165) is 32.9 Å². The summed E-state index contributed by atoms with van der Waals surface area (Å²) in [6, 6.07) is 20.5. The molecule has 0 spiro atoms. The molecule has 0 radical (unpaired) electrons. The van der Waals surface area contributed by atoms with Crippen LogP contribution < -0.4 is 9.75 Å². The molecule has 0 aromatic heterocycles. The molecule has 0 bridgehead atoms. The van der Waals surface area contributed by atoms with Crippen LogP contribution in [-0.2, 0) is 12.8 Å². The van der Waals surface area contributed by atoms with Gasteiger partial charge in [-0.3, -0.25) is 5.01 Å². The lowest BCUT2D eigenvalue weighted by molar-refractivity contribution is -0.137. The van der Waals surface area contributed by atoms with Crippen molar-refractivity contribution in [3.8, 4) is 5.75 Å². The van der Waals surface area contributed by atoms with Gasteiger partial charge >= 0.3 is 6.18 Å². The number of halogens is 4. The molecule has 0 amide bonds. The predicted molar refractivity (Wildman–Crippen MR) is 118 cm³/mol. The van der Waals surface area contributed by atoms with Gasteiger partial charge in [0.05, 0.1) is 17.1 Å². The topological polar surface area (TPSA) is 24.8 Å². The van der Waals surface area contributed by atoms with Gasteiger partial charge in [-0.2, -0.15) is 18.3 Å². The summed E-state index contributed by atoms with van der Waals surface area (Å²) >= 11 is 5.08. The summed E-state index contributed by atoms with van der Waals surface area (Å²) in [6.45, 7) is 0.0527. The van der Waals surface area contributed by atoms with Gasteiger partial charge in [0.15, 0.2) is 0 Å². The Bertz CT molecular complexity index is 1090. The Hall–Kier alpha value is -2.45. The summed E-state index contributed by atoms with van der Waals surface area (Å²) in [6.07, 6.45) is -4.37. The fourth-order valence-electron chi connectivity index (χ4n) is 2.92. The van der Waals surface area contributed by atoms with Gasteiger partial charge in [0.2, 0.25) is 0 Å². The molecular weight excluding hydrogens is 477 g/mol. The number of benzene rings is 3. The number of thioether (sulfide) groups is 1. The average Bonchev–Trinajstić information content (AvgIpc) is 3.23.